The van der Waals surface area contributed by atoms with Gasteiger partial charge in [-0.15, -0.1) is 11.3 Å². The first-order chi connectivity index (χ1) is 7.00. The molecule has 1 N–H and O–H groups in total. The first kappa shape index (κ1) is 12.7. The van der Waals surface area contributed by atoms with Crippen molar-refractivity contribution in [2.45, 2.75) is 27.2 Å². The molecule has 0 radical (unpaired) electrons. The molecule has 2 nitrogen and oxygen atoms in total. The zero-order chi connectivity index (χ0) is 11.4. The van der Waals surface area contributed by atoms with E-state index in [9.17, 15) is 4.79 Å². The minimum absolute atomic E-state index is 0.0365. The Morgan fingerprint density at radius 1 is 1.60 bits per heavy atom. The minimum atomic E-state index is 0.0365. The Bertz CT molecular complexity index is 327. The third-order valence-corrected chi connectivity index (χ3v) is 4.22. The summed E-state index contributed by atoms with van der Waals surface area (Å²) < 4.78 is 1.04. The number of thiophene rings is 1. The summed E-state index contributed by atoms with van der Waals surface area (Å²) in [5.74, 6) is 0.663. The van der Waals surface area contributed by atoms with Gasteiger partial charge in [0.2, 0.25) is 0 Å². The molecule has 1 amide bonds. The van der Waals surface area contributed by atoms with Gasteiger partial charge in [-0.25, -0.2) is 0 Å². The molecule has 84 valence electrons. The van der Waals surface area contributed by atoms with E-state index in [0.717, 1.165) is 27.2 Å². The van der Waals surface area contributed by atoms with Gasteiger partial charge in [0, 0.05) is 6.54 Å². The quantitative estimate of drug-likeness (QED) is 0.902. The van der Waals surface area contributed by atoms with E-state index in [1.165, 1.54) is 11.3 Å². The lowest BCUT2D eigenvalue weighted by atomic mass is 10.1. The van der Waals surface area contributed by atoms with Crippen LogP contribution < -0.4 is 5.32 Å². The molecule has 4 heteroatoms. The van der Waals surface area contributed by atoms with Crippen molar-refractivity contribution in [1.82, 2.24) is 5.32 Å². The lowest BCUT2D eigenvalue weighted by Gasteiger charge is -2.05. The Kier molecular flexibility index (Phi) is 4.80. The van der Waals surface area contributed by atoms with Crippen molar-refractivity contribution in [1.29, 1.82) is 0 Å². The average molecular weight is 290 g/mol. The number of carbonyl (C=O) groups excluding carboxylic acids is 1. The SMILES string of the molecule is Cc1cc(C(=O)NCCC(C)C)sc1Br. The fraction of sp³-hybridized carbons (Fsp3) is 0.545. The van der Waals surface area contributed by atoms with Crippen LogP contribution in [0.3, 0.4) is 0 Å². The summed E-state index contributed by atoms with van der Waals surface area (Å²) in [5, 5.41) is 2.92. The predicted molar refractivity (Wildman–Crippen MR) is 68.5 cm³/mol. The summed E-state index contributed by atoms with van der Waals surface area (Å²) >= 11 is 4.90. The van der Waals surface area contributed by atoms with Crippen molar-refractivity contribution in [3.05, 3.63) is 20.3 Å². The molecule has 0 aromatic carbocycles. The summed E-state index contributed by atoms with van der Waals surface area (Å²) in [5.41, 5.74) is 1.12. The number of halogens is 1. The van der Waals surface area contributed by atoms with Gasteiger partial charge in [0.1, 0.15) is 0 Å². The van der Waals surface area contributed by atoms with E-state index in [0.29, 0.717) is 5.92 Å². The van der Waals surface area contributed by atoms with Gasteiger partial charge in [-0.2, -0.15) is 0 Å². The smallest absolute Gasteiger partial charge is 0.261 e. The van der Waals surface area contributed by atoms with E-state index in [-0.39, 0.29) is 5.91 Å². The third-order valence-electron chi connectivity index (χ3n) is 2.09. The average Bonchev–Trinajstić information content (AvgIpc) is 2.46. The molecule has 0 bridgehead atoms. The molecule has 0 unspecified atom stereocenters. The number of rotatable bonds is 4. The maximum absolute atomic E-state index is 11.7. The highest BCUT2D eigenvalue weighted by molar-refractivity contribution is 9.11. The minimum Gasteiger partial charge on any atom is -0.351 e. The zero-order valence-corrected chi connectivity index (χ0v) is 11.7. The molecule has 0 fully saturated rings. The van der Waals surface area contributed by atoms with Gasteiger partial charge in [0.15, 0.2) is 0 Å². The summed E-state index contributed by atoms with van der Waals surface area (Å²) in [6.45, 7) is 7.05. The van der Waals surface area contributed by atoms with E-state index in [2.05, 4.69) is 35.1 Å². The molecular weight excluding hydrogens is 274 g/mol. The Balaban J connectivity index is 2.47. The van der Waals surface area contributed by atoms with E-state index < -0.39 is 0 Å². The van der Waals surface area contributed by atoms with Gasteiger partial charge >= 0.3 is 0 Å². The highest BCUT2D eigenvalue weighted by atomic mass is 79.9. The number of carbonyl (C=O) groups is 1. The lowest BCUT2D eigenvalue weighted by Crippen LogP contribution is -2.24. The van der Waals surface area contributed by atoms with Crippen molar-refractivity contribution in [3.63, 3.8) is 0 Å². The second kappa shape index (κ2) is 5.66. The molecular formula is C11H16BrNOS. The standard InChI is InChI=1S/C11H16BrNOS/c1-7(2)4-5-13-11(14)9-6-8(3)10(12)15-9/h6-7H,4-5H2,1-3H3,(H,13,14). The summed E-state index contributed by atoms with van der Waals surface area (Å²) in [7, 11) is 0. The predicted octanol–water partition coefficient (Wildman–Crippen LogP) is 3.59. The van der Waals surface area contributed by atoms with Crippen LogP contribution in [0, 0.1) is 12.8 Å². The van der Waals surface area contributed by atoms with Crippen LogP contribution in [0.15, 0.2) is 9.85 Å². The van der Waals surface area contributed by atoms with E-state index in [1.54, 1.807) is 0 Å². The first-order valence-electron chi connectivity index (χ1n) is 5.05. The molecule has 0 spiro atoms. The van der Waals surface area contributed by atoms with Crippen LogP contribution in [0.2, 0.25) is 0 Å². The molecule has 1 aromatic rings. The molecule has 0 saturated carbocycles. The molecule has 0 saturated heterocycles. The zero-order valence-electron chi connectivity index (χ0n) is 9.26. The van der Waals surface area contributed by atoms with E-state index in [1.807, 2.05) is 13.0 Å². The van der Waals surface area contributed by atoms with E-state index >= 15 is 0 Å². The highest BCUT2D eigenvalue weighted by Gasteiger charge is 2.10. The largest absolute Gasteiger partial charge is 0.351 e. The molecule has 0 aliphatic heterocycles. The molecule has 15 heavy (non-hydrogen) atoms. The van der Waals surface area contributed by atoms with Crippen LogP contribution in [0.5, 0.6) is 0 Å². The van der Waals surface area contributed by atoms with Crippen molar-refractivity contribution >= 4 is 33.2 Å². The van der Waals surface area contributed by atoms with Crippen LogP contribution in [-0.4, -0.2) is 12.5 Å². The number of hydrogen-bond donors (Lipinski definition) is 1. The van der Waals surface area contributed by atoms with Crippen molar-refractivity contribution in [2.24, 2.45) is 5.92 Å². The van der Waals surface area contributed by atoms with Crippen molar-refractivity contribution in [2.75, 3.05) is 6.54 Å². The first-order valence-corrected chi connectivity index (χ1v) is 6.65. The fourth-order valence-corrected chi connectivity index (χ4v) is 2.58. The molecule has 1 aromatic heterocycles. The van der Waals surface area contributed by atoms with Crippen molar-refractivity contribution < 1.29 is 4.79 Å². The van der Waals surface area contributed by atoms with Gasteiger partial charge in [0.25, 0.3) is 5.91 Å². The topological polar surface area (TPSA) is 29.1 Å². The van der Waals surface area contributed by atoms with Crippen LogP contribution in [0.25, 0.3) is 0 Å². The van der Waals surface area contributed by atoms with Gasteiger partial charge < -0.3 is 5.32 Å². The van der Waals surface area contributed by atoms with Gasteiger partial charge in [-0.05, 0) is 46.8 Å². The summed E-state index contributed by atoms with van der Waals surface area (Å²) in [6, 6.07) is 1.92. The van der Waals surface area contributed by atoms with Gasteiger partial charge in [0.05, 0.1) is 8.66 Å². The number of aryl methyl sites for hydroxylation is 1. The molecule has 0 aliphatic carbocycles. The third kappa shape index (κ3) is 3.95. The number of nitrogens with one attached hydrogen (secondary N) is 1. The Morgan fingerprint density at radius 2 is 2.27 bits per heavy atom. The molecule has 1 rings (SSSR count). The van der Waals surface area contributed by atoms with Crippen LogP contribution in [0.1, 0.15) is 35.5 Å². The second-order valence-corrected chi connectivity index (χ2v) is 6.38. The van der Waals surface area contributed by atoms with Crippen LogP contribution in [-0.2, 0) is 0 Å². The van der Waals surface area contributed by atoms with Crippen LogP contribution in [0.4, 0.5) is 0 Å². The summed E-state index contributed by atoms with van der Waals surface area (Å²) in [4.78, 5) is 12.5. The molecule has 1 heterocycles. The summed E-state index contributed by atoms with van der Waals surface area (Å²) in [6.07, 6.45) is 1.03. The van der Waals surface area contributed by atoms with Crippen LogP contribution >= 0.6 is 27.3 Å². The maximum Gasteiger partial charge on any atom is 0.261 e. The van der Waals surface area contributed by atoms with Gasteiger partial charge in [-0.1, -0.05) is 13.8 Å². The second-order valence-electron chi connectivity index (χ2n) is 4.01. The highest BCUT2D eigenvalue weighted by Crippen LogP contribution is 2.27. The number of amides is 1. The lowest BCUT2D eigenvalue weighted by molar-refractivity contribution is 0.0956. The number of hydrogen-bond acceptors (Lipinski definition) is 2. The fourth-order valence-electron chi connectivity index (χ4n) is 1.13. The molecule has 0 atom stereocenters. The van der Waals surface area contributed by atoms with E-state index in [4.69, 9.17) is 0 Å². The maximum atomic E-state index is 11.7. The van der Waals surface area contributed by atoms with Crippen molar-refractivity contribution in [3.8, 4) is 0 Å². The monoisotopic (exact) mass is 289 g/mol. The normalized spacial score (nSPS) is 10.7. The Morgan fingerprint density at radius 3 is 2.73 bits per heavy atom. The van der Waals surface area contributed by atoms with Gasteiger partial charge in [-0.3, -0.25) is 4.79 Å². The Labute approximate surface area is 103 Å². The molecule has 0 aliphatic rings. The Hall–Kier alpha value is -0.350.